The molecule has 0 saturated carbocycles. The van der Waals surface area contributed by atoms with Gasteiger partial charge in [-0.1, -0.05) is 0 Å². The van der Waals surface area contributed by atoms with E-state index in [0.29, 0.717) is 19.6 Å². The van der Waals surface area contributed by atoms with Crippen molar-refractivity contribution in [1.82, 2.24) is 14.9 Å². The minimum absolute atomic E-state index is 0.192. The molecule has 134 valence electrons. The van der Waals surface area contributed by atoms with E-state index in [1.54, 1.807) is 30.6 Å². The maximum Gasteiger partial charge on any atom is 0.433 e. The Kier molecular flexibility index (Phi) is 4.91. The molecule has 1 aliphatic rings. The molecule has 1 aromatic rings. The molecule has 0 bridgehead atoms. The Morgan fingerprint density at radius 1 is 1.25 bits per heavy atom. The first-order chi connectivity index (χ1) is 11.0. The van der Waals surface area contributed by atoms with E-state index >= 15 is 0 Å². The van der Waals surface area contributed by atoms with E-state index in [0.717, 1.165) is 12.4 Å². The van der Waals surface area contributed by atoms with E-state index in [1.807, 2.05) is 6.92 Å². The highest BCUT2D eigenvalue weighted by Gasteiger charge is 2.35. The van der Waals surface area contributed by atoms with E-state index in [1.165, 1.54) is 0 Å². The summed E-state index contributed by atoms with van der Waals surface area (Å²) in [6.07, 6.45) is -4.03. The number of carbonyl (C=O) groups is 1. The van der Waals surface area contributed by atoms with Crippen LogP contribution in [0.3, 0.4) is 0 Å². The number of hydrogen-bond acceptors (Lipinski definition) is 5. The van der Waals surface area contributed by atoms with Crippen LogP contribution in [0.5, 0.6) is 0 Å². The quantitative estimate of drug-likeness (QED) is 0.782. The lowest BCUT2D eigenvalue weighted by Crippen LogP contribution is -2.54. The van der Waals surface area contributed by atoms with Crippen LogP contribution in [-0.2, 0) is 10.9 Å². The van der Waals surface area contributed by atoms with Crippen molar-refractivity contribution in [3.05, 3.63) is 18.1 Å². The Hall–Kier alpha value is -2.06. The number of carbonyl (C=O) groups excluding carboxylic acids is 1. The molecule has 1 aliphatic heterocycles. The average Bonchev–Trinajstić information content (AvgIpc) is 2.44. The zero-order chi connectivity index (χ0) is 18.1. The van der Waals surface area contributed by atoms with Gasteiger partial charge in [0.2, 0.25) is 0 Å². The van der Waals surface area contributed by atoms with E-state index in [9.17, 15) is 18.0 Å². The highest BCUT2D eigenvalue weighted by molar-refractivity contribution is 5.68. The number of alkyl halides is 3. The number of halogens is 3. The lowest BCUT2D eigenvalue weighted by Gasteiger charge is -2.40. The molecule has 0 spiro atoms. The average molecular weight is 346 g/mol. The number of ether oxygens (including phenoxy) is 1. The van der Waals surface area contributed by atoms with Gasteiger partial charge in [-0.05, 0) is 27.7 Å². The van der Waals surface area contributed by atoms with Crippen molar-refractivity contribution in [3.8, 4) is 0 Å². The van der Waals surface area contributed by atoms with Crippen molar-refractivity contribution < 1.29 is 22.7 Å². The van der Waals surface area contributed by atoms with Gasteiger partial charge in [-0.25, -0.2) is 14.8 Å². The smallest absolute Gasteiger partial charge is 0.433 e. The topological polar surface area (TPSA) is 58.6 Å². The summed E-state index contributed by atoms with van der Waals surface area (Å²) in [7, 11) is 0. The maximum absolute atomic E-state index is 12.8. The first-order valence-electron chi connectivity index (χ1n) is 7.61. The number of aromatic nitrogens is 2. The van der Waals surface area contributed by atoms with Gasteiger partial charge in [0, 0.05) is 31.7 Å². The SMILES string of the molecule is C[C@@H]1CN(C(=O)OC(C)(C)C)CCN1c1cc(C(F)(F)F)ncn1. The highest BCUT2D eigenvalue weighted by atomic mass is 19.4. The summed E-state index contributed by atoms with van der Waals surface area (Å²) in [5.74, 6) is 0.202. The minimum atomic E-state index is -4.51. The van der Waals surface area contributed by atoms with Crippen molar-refractivity contribution in [2.75, 3.05) is 24.5 Å². The van der Waals surface area contributed by atoms with E-state index in [2.05, 4.69) is 9.97 Å². The second-order valence-corrected chi connectivity index (χ2v) is 6.73. The van der Waals surface area contributed by atoms with Crippen LogP contribution >= 0.6 is 0 Å². The zero-order valence-corrected chi connectivity index (χ0v) is 14.1. The third-order valence-corrected chi connectivity index (χ3v) is 3.52. The zero-order valence-electron chi connectivity index (χ0n) is 14.1. The molecule has 1 atom stereocenters. The van der Waals surface area contributed by atoms with Gasteiger partial charge < -0.3 is 14.5 Å². The van der Waals surface area contributed by atoms with Gasteiger partial charge in [-0.2, -0.15) is 13.2 Å². The molecule has 9 heteroatoms. The van der Waals surface area contributed by atoms with Crippen LogP contribution in [0, 0.1) is 0 Å². The highest BCUT2D eigenvalue weighted by Crippen LogP contribution is 2.30. The van der Waals surface area contributed by atoms with E-state index in [4.69, 9.17) is 4.74 Å². The Balaban J connectivity index is 2.08. The molecule has 24 heavy (non-hydrogen) atoms. The fourth-order valence-electron chi connectivity index (χ4n) is 2.45. The summed E-state index contributed by atoms with van der Waals surface area (Å²) >= 11 is 0. The molecule has 0 radical (unpaired) electrons. The monoisotopic (exact) mass is 346 g/mol. The third kappa shape index (κ3) is 4.48. The van der Waals surface area contributed by atoms with Crippen LogP contribution in [0.1, 0.15) is 33.4 Å². The van der Waals surface area contributed by atoms with Crippen molar-refractivity contribution in [1.29, 1.82) is 0 Å². The Morgan fingerprint density at radius 3 is 2.46 bits per heavy atom. The number of rotatable bonds is 1. The fraction of sp³-hybridized carbons (Fsp3) is 0.667. The predicted octanol–water partition coefficient (Wildman–Crippen LogP) is 2.94. The molecular weight excluding hydrogens is 325 g/mol. The van der Waals surface area contributed by atoms with E-state index < -0.39 is 23.6 Å². The summed E-state index contributed by atoms with van der Waals surface area (Å²) < 4.78 is 43.7. The molecule has 1 saturated heterocycles. The first kappa shape index (κ1) is 18.3. The maximum atomic E-state index is 12.8. The number of piperazine rings is 1. The van der Waals surface area contributed by atoms with Crippen LogP contribution in [0.15, 0.2) is 12.4 Å². The second-order valence-electron chi connectivity index (χ2n) is 6.73. The predicted molar refractivity (Wildman–Crippen MR) is 81.6 cm³/mol. The molecule has 0 N–H and O–H groups in total. The molecule has 6 nitrogen and oxygen atoms in total. The van der Waals surface area contributed by atoms with Gasteiger partial charge in [0.15, 0.2) is 0 Å². The molecule has 0 aromatic carbocycles. The number of anilines is 1. The van der Waals surface area contributed by atoms with Gasteiger partial charge in [0.05, 0.1) is 0 Å². The van der Waals surface area contributed by atoms with Gasteiger partial charge >= 0.3 is 12.3 Å². The first-order valence-corrected chi connectivity index (χ1v) is 7.61. The normalized spacial score (nSPS) is 19.4. The molecule has 1 aromatic heterocycles. The van der Waals surface area contributed by atoms with Gasteiger partial charge in [-0.3, -0.25) is 0 Å². The van der Waals surface area contributed by atoms with Crippen molar-refractivity contribution in [2.24, 2.45) is 0 Å². The van der Waals surface area contributed by atoms with Crippen LogP contribution < -0.4 is 4.90 Å². The lowest BCUT2D eigenvalue weighted by atomic mass is 10.2. The lowest BCUT2D eigenvalue weighted by molar-refractivity contribution is -0.141. The minimum Gasteiger partial charge on any atom is -0.444 e. The molecule has 0 unspecified atom stereocenters. The number of nitrogens with zero attached hydrogens (tertiary/aromatic N) is 4. The van der Waals surface area contributed by atoms with Gasteiger partial charge in [0.1, 0.15) is 23.4 Å². The van der Waals surface area contributed by atoms with Crippen LogP contribution in [0.2, 0.25) is 0 Å². The fourth-order valence-corrected chi connectivity index (χ4v) is 2.45. The Bertz CT molecular complexity index is 601. The Morgan fingerprint density at radius 2 is 1.92 bits per heavy atom. The summed E-state index contributed by atoms with van der Waals surface area (Å²) in [5.41, 5.74) is -1.57. The van der Waals surface area contributed by atoms with Crippen LogP contribution in [0.4, 0.5) is 23.8 Å². The van der Waals surface area contributed by atoms with Gasteiger partial charge in [-0.15, -0.1) is 0 Å². The van der Waals surface area contributed by atoms with Crippen molar-refractivity contribution in [3.63, 3.8) is 0 Å². The summed E-state index contributed by atoms with van der Waals surface area (Å²) in [6.45, 7) is 8.24. The largest absolute Gasteiger partial charge is 0.444 e. The van der Waals surface area contributed by atoms with Crippen molar-refractivity contribution >= 4 is 11.9 Å². The second kappa shape index (κ2) is 6.45. The van der Waals surface area contributed by atoms with Crippen molar-refractivity contribution in [2.45, 2.75) is 45.5 Å². The summed E-state index contributed by atoms with van der Waals surface area (Å²) in [4.78, 5) is 22.6. The van der Waals surface area contributed by atoms with E-state index in [-0.39, 0.29) is 11.9 Å². The molecular formula is C15H21F3N4O2. The Labute approximate surface area is 138 Å². The van der Waals surface area contributed by atoms with Crippen LogP contribution in [-0.4, -0.2) is 52.2 Å². The van der Waals surface area contributed by atoms with Crippen LogP contribution in [0.25, 0.3) is 0 Å². The standard InChI is InChI=1S/C15H21F3N4O2/c1-10-8-21(13(23)24-14(2,3)4)5-6-22(10)12-7-11(15(16,17)18)19-9-20-12/h7,9-10H,5-6,8H2,1-4H3/t10-/m1/s1. The number of hydrogen-bond donors (Lipinski definition) is 0. The molecule has 2 rings (SSSR count). The number of amides is 1. The van der Waals surface area contributed by atoms with Gasteiger partial charge in [0.25, 0.3) is 0 Å². The molecule has 1 amide bonds. The molecule has 1 fully saturated rings. The summed E-state index contributed by atoms with van der Waals surface area (Å²) in [6, 6.07) is 0.738. The molecule has 2 heterocycles. The molecule has 0 aliphatic carbocycles. The third-order valence-electron chi connectivity index (χ3n) is 3.52. The summed E-state index contributed by atoms with van der Waals surface area (Å²) in [5, 5.41) is 0.